The Kier molecular flexibility index (Phi) is 5.08. The van der Waals surface area contributed by atoms with Gasteiger partial charge in [0, 0.05) is 55.2 Å². The minimum atomic E-state index is 0.0656. The molecule has 0 unspecified atom stereocenters. The Morgan fingerprint density at radius 3 is 2.45 bits per heavy atom. The lowest BCUT2D eigenvalue weighted by atomic mass is 10.0. The normalized spacial score (nSPS) is 14.1. The number of carbonyl (C=O) groups excluding carboxylic acids is 1. The van der Waals surface area contributed by atoms with E-state index in [4.69, 9.17) is 4.98 Å². The monoisotopic (exact) mass is 408 g/mol. The van der Waals surface area contributed by atoms with Gasteiger partial charge in [0.05, 0.1) is 16.8 Å². The molecule has 2 aromatic heterocycles. The number of hydrogen-bond donors (Lipinski definition) is 0. The number of hydrogen-bond acceptors (Lipinski definition) is 4. The fraction of sp³-hybridized carbons (Fsp3) is 0.192. The highest BCUT2D eigenvalue weighted by atomic mass is 16.2. The predicted octanol–water partition coefficient (Wildman–Crippen LogP) is 4.57. The van der Waals surface area contributed by atoms with Crippen molar-refractivity contribution >= 4 is 22.5 Å². The zero-order valence-electron chi connectivity index (χ0n) is 17.5. The summed E-state index contributed by atoms with van der Waals surface area (Å²) in [6.07, 6.45) is 3.54. The molecule has 1 aliphatic heterocycles. The van der Waals surface area contributed by atoms with Crippen molar-refractivity contribution in [2.24, 2.45) is 0 Å². The van der Waals surface area contributed by atoms with Crippen LogP contribution in [0, 0.1) is 6.92 Å². The fourth-order valence-electron chi connectivity index (χ4n) is 4.21. The standard InChI is InChI=1S/C26H24N4O/c1-19-7-5-11-22-23(17-24(28-25(19)22)20-8-6-12-27-18-20)26(31)30-15-13-29(14-16-30)21-9-3-2-4-10-21/h2-12,17-18H,13-16H2,1H3. The number of para-hydroxylation sites is 2. The van der Waals surface area contributed by atoms with Gasteiger partial charge in [0.1, 0.15) is 0 Å². The summed E-state index contributed by atoms with van der Waals surface area (Å²) >= 11 is 0. The molecule has 0 bridgehead atoms. The zero-order valence-corrected chi connectivity index (χ0v) is 17.5. The van der Waals surface area contributed by atoms with Crippen LogP contribution in [0.5, 0.6) is 0 Å². The van der Waals surface area contributed by atoms with Crippen molar-refractivity contribution < 1.29 is 4.79 Å². The van der Waals surface area contributed by atoms with E-state index in [1.165, 1.54) is 5.69 Å². The van der Waals surface area contributed by atoms with Crippen molar-refractivity contribution in [3.63, 3.8) is 0 Å². The van der Waals surface area contributed by atoms with Crippen LogP contribution >= 0.6 is 0 Å². The van der Waals surface area contributed by atoms with Gasteiger partial charge < -0.3 is 9.80 Å². The van der Waals surface area contributed by atoms with Gasteiger partial charge in [0.25, 0.3) is 5.91 Å². The Morgan fingerprint density at radius 1 is 0.903 bits per heavy atom. The molecule has 1 saturated heterocycles. The number of nitrogens with zero attached hydrogens (tertiary/aromatic N) is 4. The summed E-state index contributed by atoms with van der Waals surface area (Å²) < 4.78 is 0. The summed E-state index contributed by atoms with van der Waals surface area (Å²) in [6.45, 7) is 5.09. The molecule has 5 rings (SSSR count). The molecule has 0 atom stereocenters. The number of rotatable bonds is 3. The van der Waals surface area contributed by atoms with Crippen molar-refractivity contribution in [3.05, 3.63) is 90.3 Å². The summed E-state index contributed by atoms with van der Waals surface area (Å²) in [7, 11) is 0. The lowest BCUT2D eigenvalue weighted by molar-refractivity contribution is 0.0748. The van der Waals surface area contributed by atoms with Gasteiger partial charge in [-0.3, -0.25) is 9.78 Å². The molecule has 154 valence electrons. The largest absolute Gasteiger partial charge is 0.368 e. The molecule has 4 aromatic rings. The Hall–Kier alpha value is -3.73. The zero-order chi connectivity index (χ0) is 21.2. The first-order valence-electron chi connectivity index (χ1n) is 10.6. The maximum absolute atomic E-state index is 13.6. The van der Waals surface area contributed by atoms with Gasteiger partial charge in [0.15, 0.2) is 0 Å². The summed E-state index contributed by atoms with van der Waals surface area (Å²) in [5.41, 5.74) is 5.54. The topological polar surface area (TPSA) is 49.3 Å². The smallest absolute Gasteiger partial charge is 0.254 e. The highest BCUT2D eigenvalue weighted by Gasteiger charge is 2.24. The number of aryl methyl sites for hydroxylation is 1. The van der Waals surface area contributed by atoms with Crippen LogP contribution in [0.1, 0.15) is 15.9 Å². The van der Waals surface area contributed by atoms with E-state index in [9.17, 15) is 4.79 Å². The molecule has 1 amide bonds. The third kappa shape index (κ3) is 3.75. The second kappa shape index (κ2) is 8.19. The van der Waals surface area contributed by atoms with Gasteiger partial charge in [0.2, 0.25) is 0 Å². The maximum Gasteiger partial charge on any atom is 0.254 e. The highest BCUT2D eigenvalue weighted by molar-refractivity contribution is 6.07. The van der Waals surface area contributed by atoms with Gasteiger partial charge in [-0.1, -0.05) is 36.4 Å². The minimum Gasteiger partial charge on any atom is -0.368 e. The van der Waals surface area contributed by atoms with Crippen LogP contribution in [0.25, 0.3) is 22.2 Å². The molecule has 0 aliphatic carbocycles. The van der Waals surface area contributed by atoms with E-state index in [-0.39, 0.29) is 5.91 Å². The van der Waals surface area contributed by atoms with E-state index in [1.54, 1.807) is 12.4 Å². The van der Waals surface area contributed by atoms with Crippen LogP contribution in [0.15, 0.2) is 79.1 Å². The molecule has 2 aromatic carbocycles. The molecular weight excluding hydrogens is 384 g/mol. The van der Waals surface area contributed by atoms with Gasteiger partial charge in [-0.2, -0.15) is 0 Å². The maximum atomic E-state index is 13.6. The Balaban J connectivity index is 1.48. The number of fused-ring (bicyclic) bond motifs is 1. The van der Waals surface area contributed by atoms with Gasteiger partial charge >= 0.3 is 0 Å². The quantitative estimate of drug-likeness (QED) is 0.498. The first kappa shape index (κ1) is 19.2. The third-order valence-corrected chi connectivity index (χ3v) is 5.92. The Labute approximate surface area is 182 Å². The van der Waals surface area contributed by atoms with E-state index in [2.05, 4.69) is 34.1 Å². The first-order valence-corrected chi connectivity index (χ1v) is 10.6. The summed E-state index contributed by atoms with van der Waals surface area (Å²) in [5.74, 6) is 0.0656. The average Bonchev–Trinajstić information content (AvgIpc) is 2.84. The molecular formula is C26H24N4O. The lowest BCUT2D eigenvalue weighted by Crippen LogP contribution is -2.48. The summed E-state index contributed by atoms with van der Waals surface area (Å²) in [4.78, 5) is 27.0. The molecule has 1 fully saturated rings. The summed E-state index contributed by atoms with van der Waals surface area (Å²) in [5, 5.41) is 0.906. The van der Waals surface area contributed by atoms with Crippen LogP contribution in [-0.4, -0.2) is 47.0 Å². The average molecular weight is 409 g/mol. The molecule has 1 aliphatic rings. The highest BCUT2D eigenvalue weighted by Crippen LogP contribution is 2.28. The van der Waals surface area contributed by atoms with Gasteiger partial charge in [-0.15, -0.1) is 0 Å². The molecule has 0 spiro atoms. The number of amides is 1. The van der Waals surface area contributed by atoms with Crippen molar-refractivity contribution in [1.29, 1.82) is 0 Å². The van der Waals surface area contributed by atoms with E-state index in [1.807, 2.05) is 54.3 Å². The minimum absolute atomic E-state index is 0.0656. The number of benzene rings is 2. The molecule has 0 saturated carbocycles. The van der Waals surface area contributed by atoms with E-state index >= 15 is 0 Å². The summed E-state index contributed by atoms with van der Waals surface area (Å²) in [6, 6.07) is 22.2. The molecule has 0 radical (unpaired) electrons. The van der Waals surface area contributed by atoms with Crippen molar-refractivity contribution in [2.45, 2.75) is 6.92 Å². The molecule has 0 N–H and O–H groups in total. The number of aromatic nitrogens is 2. The van der Waals surface area contributed by atoms with Gasteiger partial charge in [-0.05, 0) is 42.8 Å². The van der Waals surface area contributed by atoms with Crippen molar-refractivity contribution in [1.82, 2.24) is 14.9 Å². The van der Waals surface area contributed by atoms with Crippen LogP contribution < -0.4 is 4.90 Å². The van der Waals surface area contributed by atoms with Crippen molar-refractivity contribution in [3.8, 4) is 11.3 Å². The number of piperazine rings is 1. The van der Waals surface area contributed by atoms with Gasteiger partial charge in [-0.25, -0.2) is 4.98 Å². The predicted molar refractivity (Wildman–Crippen MR) is 124 cm³/mol. The Morgan fingerprint density at radius 2 is 1.71 bits per heavy atom. The van der Waals surface area contributed by atoms with Crippen LogP contribution in [0.2, 0.25) is 0 Å². The van der Waals surface area contributed by atoms with E-state index in [0.29, 0.717) is 18.7 Å². The van der Waals surface area contributed by atoms with Crippen LogP contribution in [0.4, 0.5) is 5.69 Å². The van der Waals surface area contributed by atoms with E-state index < -0.39 is 0 Å². The number of anilines is 1. The molecule has 31 heavy (non-hydrogen) atoms. The molecule has 3 heterocycles. The fourth-order valence-corrected chi connectivity index (χ4v) is 4.21. The van der Waals surface area contributed by atoms with E-state index in [0.717, 1.165) is 40.8 Å². The first-order chi connectivity index (χ1) is 15.2. The SMILES string of the molecule is Cc1cccc2c(C(=O)N3CCN(c4ccccc4)CC3)cc(-c3cccnc3)nc12. The third-order valence-electron chi connectivity index (χ3n) is 5.92. The number of pyridine rings is 2. The van der Waals surface area contributed by atoms with Crippen LogP contribution in [0.3, 0.4) is 0 Å². The molecule has 5 nitrogen and oxygen atoms in total. The second-order valence-corrected chi connectivity index (χ2v) is 7.88. The van der Waals surface area contributed by atoms with Crippen LogP contribution in [-0.2, 0) is 0 Å². The second-order valence-electron chi connectivity index (χ2n) is 7.88. The number of carbonyl (C=O) groups is 1. The molecule has 5 heteroatoms. The Bertz CT molecular complexity index is 1220. The lowest BCUT2D eigenvalue weighted by Gasteiger charge is -2.36. The van der Waals surface area contributed by atoms with Crippen molar-refractivity contribution in [2.75, 3.05) is 31.1 Å².